The molecule has 0 aliphatic carbocycles. The Hall–Kier alpha value is -1.45. The fourth-order valence-electron chi connectivity index (χ4n) is 2.44. The van der Waals surface area contributed by atoms with Crippen molar-refractivity contribution in [3.8, 4) is 0 Å². The molecule has 0 amide bonds. The summed E-state index contributed by atoms with van der Waals surface area (Å²) in [5, 5.41) is 0. The third-order valence-electron chi connectivity index (χ3n) is 3.61. The SMILES string of the molecule is CCCCCCCCCc1nc2c(F)c(F)ccc2[nH]1. The minimum absolute atomic E-state index is 0.114. The third-order valence-corrected chi connectivity index (χ3v) is 3.61. The molecule has 110 valence electrons. The van der Waals surface area contributed by atoms with Gasteiger partial charge in [-0.25, -0.2) is 13.8 Å². The molecule has 0 bridgehead atoms. The highest BCUT2D eigenvalue weighted by atomic mass is 19.2. The van der Waals surface area contributed by atoms with Gasteiger partial charge in [0, 0.05) is 6.42 Å². The lowest BCUT2D eigenvalue weighted by Crippen LogP contribution is -1.89. The van der Waals surface area contributed by atoms with Gasteiger partial charge >= 0.3 is 0 Å². The second-order valence-electron chi connectivity index (χ2n) is 5.31. The Bertz CT molecular complexity index is 549. The highest BCUT2D eigenvalue weighted by molar-refractivity contribution is 5.75. The quantitative estimate of drug-likeness (QED) is 0.667. The van der Waals surface area contributed by atoms with Gasteiger partial charge in [-0.1, -0.05) is 45.4 Å². The van der Waals surface area contributed by atoms with Gasteiger partial charge in [-0.2, -0.15) is 0 Å². The van der Waals surface area contributed by atoms with Crippen molar-refractivity contribution in [2.75, 3.05) is 0 Å². The number of halogens is 2. The van der Waals surface area contributed by atoms with E-state index in [2.05, 4.69) is 16.9 Å². The van der Waals surface area contributed by atoms with Crippen LogP contribution in [0.15, 0.2) is 12.1 Å². The second-order valence-corrected chi connectivity index (χ2v) is 5.31. The molecule has 0 unspecified atom stereocenters. The largest absolute Gasteiger partial charge is 0.342 e. The van der Waals surface area contributed by atoms with E-state index in [1.165, 1.54) is 38.2 Å². The van der Waals surface area contributed by atoms with Crippen LogP contribution in [0.2, 0.25) is 0 Å². The van der Waals surface area contributed by atoms with E-state index in [4.69, 9.17) is 0 Å². The van der Waals surface area contributed by atoms with Gasteiger partial charge in [0.15, 0.2) is 11.6 Å². The van der Waals surface area contributed by atoms with E-state index in [-0.39, 0.29) is 5.52 Å². The summed E-state index contributed by atoms with van der Waals surface area (Å²) in [7, 11) is 0. The fourth-order valence-corrected chi connectivity index (χ4v) is 2.44. The summed E-state index contributed by atoms with van der Waals surface area (Å²) < 4.78 is 26.6. The number of aromatic nitrogens is 2. The molecule has 1 heterocycles. The molecular weight excluding hydrogens is 258 g/mol. The number of benzene rings is 1. The van der Waals surface area contributed by atoms with E-state index in [9.17, 15) is 8.78 Å². The topological polar surface area (TPSA) is 28.7 Å². The van der Waals surface area contributed by atoms with Crippen molar-refractivity contribution in [1.82, 2.24) is 9.97 Å². The number of nitrogens with zero attached hydrogens (tertiary/aromatic N) is 1. The Kier molecular flexibility index (Phi) is 5.50. The fraction of sp³-hybridized carbons (Fsp3) is 0.562. The summed E-state index contributed by atoms with van der Waals surface area (Å²) in [6.45, 7) is 2.21. The molecule has 0 spiro atoms. The molecule has 2 aromatic rings. The lowest BCUT2D eigenvalue weighted by atomic mass is 10.1. The number of aromatic amines is 1. The normalized spacial score (nSPS) is 11.3. The van der Waals surface area contributed by atoms with E-state index in [1.807, 2.05) is 0 Å². The molecule has 0 aliphatic heterocycles. The molecule has 1 aromatic carbocycles. The number of fused-ring (bicyclic) bond motifs is 1. The number of imidazole rings is 1. The molecule has 4 heteroatoms. The standard InChI is InChI=1S/C16H22F2N2/c1-2-3-4-5-6-7-8-9-14-19-13-11-10-12(17)15(18)16(13)20-14/h10-11H,2-9H2,1H3,(H,19,20). The van der Waals surface area contributed by atoms with Crippen molar-refractivity contribution in [2.45, 2.75) is 58.3 Å². The van der Waals surface area contributed by atoms with Crippen molar-refractivity contribution < 1.29 is 8.78 Å². The molecule has 0 saturated carbocycles. The van der Waals surface area contributed by atoms with Crippen molar-refractivity contribution in [2.24, 2.45) is 0 Å². The van der Waals surface area contributed by atoms with Crippen LogP contribution in [-0.4, -0.2) is 9.97 Å². The number of unbranched alkanes of at least 4 members (excludes halogenated alkanes) is 6. The summed E-state index contributed by atoms with van der Waals surface area (Å²) in [5.74, 6) is -0.950. The van der Waals surface area contributed by atoms with Gasteiger partial charge in [-0.05, 0) is 18.6 Å². The van der Waals surface area contributed by atoms with E-state index >= 15 is 0 Å². The van der Waals surface area contributed by atoms with Crippen molar-refractivity contribution in [1.29, 1.82) is 0 Å². The first kappa shape index (κ1) is 14.9. The van der Waals surface area contributed by atoms with Crippen LogP contribution in [0.4, 0.5) is 8.78 Å². The second kappa shape index (κ2) is 7.36. The smallest absolute Gasteiger partial charge is 0.186 e. The number of rotatable bonds is 8. The van der Waals surface area contributed by atoms with Crippen molar-refractivity contribution in [3.05, 3.63) is 29.6 Å². The zero-order valence-corrected chi connectivity index (χ0v) is 12.0. The van der Waals surface area contributed by atoms with E-state index in [0.29, 0.717) is 5.52 Å². The molecule has 1 aromatic heterocycles. The van der Waals surface area contributed by atoms with Gasteiger partial charge in [-0.3, -0.25) is 0 Å². The first-order valence-corrected chi connectivity index (χ1v) is 7.55. The van der Waals surface area contributed by atoms with Crippen molar-refractivity contribution >= 4 is 11.0 Å². The van der Waals surface area contributed by atoms with Crippen LogP contribution >= 0.6 is 0 Å². The van der Waals surface area contributed by atoms with Crippen LogP contribution in [0.1, 0.15) is 57.7 Å². The van der Waals surface area contributed by atoms with E-state index < -0.39 is 11.6 Å². The minimum Gasteiger partial charge on any atom is -0.342 e. The molecule has 20 heavy (non-hydrogen) atoms. The summed E-state index contributed by atoms with van der Waals surface area (Å²) in [4.78, 5) is 7.21. The monoisotopic (exact) mass is 280 g/mol. The summed E-state index contributed by atoms with van der Waals surface area (Å²) >= 11 is 0. The summed E-state index contributed by atoms with van der Waals surface area (Å²) in [5.41, 5.74) is 0.685. The number of hydrogen-bond acceptors (Lipinski definition) is 1. The first-order chi connectivity index (χ1) is 9.72. The average Bonchev–Trinajstić information content (AvgIpc) is 2.86. The zero-order valence-electron chi connectivity index (χ0n) is 12.0. The maximum atomic E-state index is 13.5. The Labute approximate surface area is 118 Å². The molecular formula is C16H22F2N2. The lowest BCUT2D eigenvalue weighted by molar-refractivity contribution is 0.515. The lowest BCUT2D eigenvalue weighted by Gasteiger charge is -1.99. The van der Waals surface area contributed by atoms with Crippen LogP contribution in [0.25, 0.3) is 11.0 Å². The van der Waals surface area contributed by atoms with Gasteiger partial charge < -0.3 is 4.98 Å². The maximum absolute atomic E-state index is 13.5. The molecule has 0 fully saturated rings. The van der Waals surface area contributed by atoms with Gasteiger partial charge in [0.05, 0.1) is 5.52 Å². The van der Waals surface area contributed by atoms with Gasteiger partial charge in [0.25, 0.3) is 0 Å². The highest BCUT2D eigenvalue weighted by Gasteiger charge is 2.11. The molecule has 0 saturated heterocycles. The average molecular weight is 280 g/mol. The summed E-state index contributed by atoms with van der Waals surface area (Å²) in [6, 6.07) is 2.67. The van der Waals surface area contributed by atoms with Crippen LogP contribution in [0.3, 0.4) is 0 Å². The Morgan fingerprint density at radius 3 is 2.45 bits per heavy atom. The van der Waals surface area contributed by atoms with Crippen LogP contribution < -0.4 is 0 Å². The Morgan fingerprint density at radius 1 is 1.00 bits per heavy atom. The number of aryl methyl sites for hydroxylation is 1. The molecule has 1 N–H and O–H groups in total. The van der Waals surface area contributed by atoms with Gasteiger partial charge in [0.1, 0.15) is 11.3 Å². The van der Waals surface area contributed by atoms with E-state index in [0.717, 1.165) is 31.2 Å². The van der Waals surface area contributed by atoms with Crippen LogP contribution in [0.5, 0.6) is 0 Å². The molecule has 2 nitrogen and oxygen atoms in total. The highest BCUT2D eigenvalue weighted by Crippen LogP contribution is 2.19. The summed E-state index contributed by atoms with van der Waals surface area (Å²) in [6.07, 6.45) is 9.41. The van der Waals surface area contributed by atoms with Gasteiger partial charge in [-0.15, -0.1) is 0 Å². The van der Waals surface area contributed by atoms with E-state index in [1.54, 1.807) is 0 Å². The zero-order chi connectivity index (χ0) is 14.4. The van der Waals surface area contributed by atoms with Crippen LogP contribution in [-0.2, 0) is 6.42 Å². The number of nitrogens with one attached hydrogen (secondary N) is 1. The molecule has 2 rings (SSSR count). The first-order valence-electron chi connectivity index (χ1n) is 7.55. The Balaban J connectivity index is 1.80. The van der Waals surface area contributed by atoms with Crippen molar-refractivity contribution in [3.63, 3.8) is 0 Å². The molecule has 0 radical (unpaired) electrons. The number of hydrogen-bond donors (Lipinski definition) is 1. The number of H-pyrrole nitrogens is 1. The maximum Gasteiger partial charge on any atom is 0.186 e. The van der Waals surface area contributed by atoms with Crippen LogP contribution in [0, 0.1) is 11.6 Å². The predicted octanol–water partition coefficient (Wildman–Crippen LogP) is 5.13. The predicted molar refractivity (Wildman–Crippen MR) is 77.7 cm³/mol. The molecule has 0 atom stereocenters. The molecule has 0 aliphatic rings. The Morgan fingerprint density at radius 2 is 1.70 bits per heavy atom. The van der Waals surface area contributed by atoms with Gasteiger partial charge in [0.2, 0.25) is 0 Å². The third kappa shape index (κ3) is 3.78. The minimum atomic E-state index is -0.857.